The standard InChI is InChI=1S/C7H9NO4S2/c1-14(11,12)7-4-2-6(3-5-7)8-13(9)10/h2-5,8H,1H3,(H,9,10)/p-1. The molecule has 7 heteroatoms. The molecule has 0 saturated carbocycles. The van der Waals surface area contributed by atoms with Crippen LogP contribution in [-0.2, 0) is 21.1 Å². The maximum absolute atomic E-state index is 11.0. The van der Waals surface area contributed by atoms with E-state index in [9.17, 15) is 17.2 Å². The van der Waals surface area contributed by atoms with Crippen molar-refractivity contribution in [3.63, 3.8) is 0 Å². The molecule has 0 aliphatic carbocycles. The maximum Gasteiger partial charge on any atom is 0.175 e. The van der Waals surface area contributed by atoms with Crippen LogP contribution in [0, 0.1) is 0 Å². The summed E-state index contributed by atoms with van der Waals surface area (Å²) in [7, 11) is -3.23. The van der Waals surface area contributed by atoms with E-state index in [1.54, 1.807) is 0 Å². The molecule has 0 aliphatic heterocycles. The first kappa shape index (κ1) is 11.2. The van der Waals surface area contributed by atoms with Gasteiger partial charge in [-0.05, 0) is 24.3 Å². The number of nitrogens with one attached hydrogen (secondary N) is 1. The van der Waals surface area contributed by atoms with Gasteiger partial charge in [0.2, 0.25) is 0 Å². The smallest absolute Gasteiger partial charge is 0.175 e. The number of rotatable bonds is 3. The highest BCUT2D eigenvalue weighted by Gasteiger charge is 2.05. The van der Waals surface area contributed by atoms with Crippen LogP contribution in [-0.4, -0.2) is 23.4 Å². The molecule has 1 aromatic rings. The summed E-state index contributed by atoms with van der Waals surface area (Å²) in [5.74, 6) is 0. The maximum atomic E-state index is 11.0. The summed E-state index contributed by atoms with van der Waals surface area (Å²) in [6.45, 7) is 0. The number of hydrogen-bond acceptors (Lipinski definition) is 4. The number of sulfone groups is 1. The lowest BCUT2D eigenvalue weighted by Gasteiger charge is -2.08. The Kier molecular flexibility index (Phi) is 3.25. The van der Waals surface area contributed by atoms with Gasteiger partial charge in [-0.15, -0.1) is 0 Å². The Bertz CT molecular complexity index is 437. The lowest BCUT2D eigenvalue weighted by atomic mass is 10.3. The van der Waals surface area contributed by atoms with Crippen molar-refractivity contribution >= 4 is 26.8 Å². The van der Waals surface area contributed by atoms with E-state index in [2.05, 4.69) is 4.72 Å². The molecule has 0 amide bonds. The van der Waals surface area contributed by atoms with E-state index in [4.69, 9.17) is 0 Å². The zero-order valence-electron chi connectivity index (χ0n) is 7.26. The Morgan fingerprint density at radius 3 is 2.14 bits per heavy atom. The Morgan fingerprint density at radius 2 is 1.79 bits per heavy atom. The van der Waals surface area contributed by atoms with Crippen molar-refractivity contribution in [2.45, 2.75) is 4.90 Å². The molecule has 1 rings (SSSR count). The van der Waals surface area contributed by atoms with Crippen LogP contribution in [0.25, 0.3) is 0 Å². The molecular weight excluding hydrogens is 226 g/mol. The largest absolute Gasteiger partial charge is 0.755 e. The Balaban J connectivity index is 2.95. The molecule has 0 saturated heterocycles. The molecular formula is C7H8NO4S2-. The van der Waals surface area contributed by atoms with E-state index < -0.39 is 21.1 Å². The first-order valence-corrected chi connectivity index (χ1v) is 6.52. The molecule has 5 nitrogen and oxygen atoms in total. The molecule has 1 atom stereocenters. The molecule has 14 heavy (non-hydrogen) atoms. The highest BCUT2D eigenvalue weighted by Crippen LogP contribution is 2.13. The highest BCUT2D eigenvalue weighted by atomic mass is 32.2. The van der Waals surface area contributed by atoms with Gasteiger partial charge in [0.05, 0.1) is 4.90 Å². The second-order valence-electron chi connectivity index (χ2n) is 2.63. The van der Waals surface area contributed by atoms with E-state index in [1.165, 1.54) is 24.3 Å². The minimum Gasteiger partial charge on any atom is -0.755 e. The number of anilines is 1. The molecule has 1 aromatic carbocycles. The van der Waals surface area contributed by atoms with Crippen LogP contribution in [0.5, 0.6) is 0 Å². The summed E-state index contributed by atoms with van der Waals surface area (Å²) in [4.78, 5) is 0.153. The fraction of sp³-hybridized carbons (Fsp3) is 0.143. The lowest BCUT2D eigenvalue weighted by Crippen LogP contribution is -2.02. The Labute approximate surface area is 84.5 Å². The minimum atomic E-state index is -3.23. The minimum absolute atomic E-state index is 0.153. The Hall–Kier alpha value is -0.920. The second-order valence-corrected chi connectivity index (χ2v) is 5.32. The van der Waals surface area contributed by atoms with Gasteiger partial charge in [0.15, 0.2) is 9.84 Å². The zero-order chi connectivity index (χ0) is 10.8. The van der Waals surface area contributed by atoms with Crippen LogP contribution in [0.4, 0.5) is 5.69 Å². The van der Waals surface area contributed by atoms with Crippen molar-refractivity contribution in [1.29, 1.82) is 0 Å². The molecule has 0 heterocycles. The SMILES string of the molecule is CS(=O)(=O)c1ccc(NS(=O)[O-])cc1. The molecule has 0 spiro atoms. The summed E-state index contributed by atoms with van der Waals surface area (Å²) in [6.07, 6.45) is 1.08. The van der Waals surface area contributed by atoms with E-state index in [0.717, 1.165) is 6.26 Å². The molecule has 0 radical (unpaired) electrons. The van der Waals surface area contributed by atoms with Crippen LogP contribution in [0.1, 0.15) is 0 Å². The van der Waals surface area contributed by atoms with E-state index in [0.29, 0.717) is 5.69 Å². The highest BCUT2D eigenvalue weighted by molar-refractivity contribution is 7.90. The number of hydrogen-bond donors (Lipinski definition) is 1. The van der Waals surface area contributed by atoms with Gasteiger partial charge in [0.25, 0.3) is 0 Å². The average molecular weight is 234 g/mol. The fourth-order valence-corrected chi connectivity index (χ4v) is 1.83. The number of benzene rings is 1. The van der Waals surface area contributed by atoms with Gasteiger partial charge in [-0.2, -0.15) is 0 Å². The zero-order valence-corrected chi connectivity index (χ0v) is 8.89. The van der Waals surface area contributed by atoms with Gasteiger partial charge >= 0.3 is 0 Å². The third-order valence-corrected chi connectivity index (χ3v) is 3.01. The quantitative estimate of drug-likeness (QED) is 0.762. The monoisotopic (exact) mass is 234 g/mol. The molecule has 1 unspecified atom stereocenters. The lowest BCUT2D eigenvalue weighted by molar-refractivity contribution is 0.542. The fourth-order valence-electron chi connectivity index (χ4n) is 0.866. The van der Waals surface area contributed by atoms with Crippen LogP contribution in [0.15, 0.2) is 29.2 Å². The van der Waals surface area contributed by atoms with Gasteiger partial charge < -0.3 is 9.27 Å². The third kappa shape index (κ3) is 3.09. The summed E-state index contributed by atoms with van der Waals surface area (Å²) in [5.41, 5.74) is 0.325. The third-order valence-electron chi connectivity index (χ3n) is 1.48. The van der Waals surface area contributed by atoms with Gasteiger partial charge in [0, 0.05) is 23.2 Å². The van der Waals surface area contributed by atoms with Crippen molar-refractivity contribution in [1.82, 2.24) is 0 Å². The van der Waals surface area contributed by atoms with Crippen molar-refractivity contribution < 1.29 is 17.2 Å². The molecule has 0 fully saturated rings. The van der Waals surface area contributed by atoms with Crippen molar-refractivity contribution in [3.8, 4) is 0 Å². The average Bonchev–Trinajstić information content (AvgIpc) is 2.02. The summed E-state index contributed by atoms with van der Waals surface area (Å²) < 4.78 is 44.6. The Morgan fingerprint density at radius 1 is 1.29 bits per heavy atom. The van der Waals surface area contributed by atoms with E-state index >= 15 is 0 Å². The van der Waals surface area contributed by atoms with Crippen LogP contribution < -0.4 is 4.72 Å². The summed E-state index contributed by atoms with van der Waals surface area (Å²) in [5, 5.41) is 0. The van der Waals surface area contributed by atoms with Crippen molar-refractivity contribution in [3.05, 3.63) is 24.3 Å². The topological polar surface area (TPSA) is 86.3 Å². The normalized spacial score (nSPS) is 13.6. The first-order chi connectivity index (χ1) is 6.39. The van der Waals surface area contributed by atoms with Gasteiger partial charge in [0.1, 0.15) is 0 Å². The van der Waals surface area contributed by atoms with Crippen molar-refractivity contribution in [2.24, 2.45) is 0 Å². The molecule has 0 aliphatic rings. The predicted molar refractivity (Wildman–Crippen MR) is 52.1 cm³/mol. The summed E-state index contributed by atoms with van der Waals surface area (Å²) in [6, 6.07) is 5.44. The van der Waals surface area contributed by atoms with E-state index in [1.807, 2.05) is 0 Å². The van der Waals surface area contributed by atoms with Crippen LogP contribution in [0.3, 0.4) is 0 Å². The predicted octanol–water partition coefficient (Wildman–Crippen LogP) is 0.296. The summed E-state index contributed by atoms with van der Waals surface area (Å²) >= 11 is -2.39. The van der Waals surface area contributed by atoms with Crippen molar-refractivity contribution in [2.75, 3.05) is 11.0 Å². The van der Waals surface area contributed by atoms with Gasteiger partial charge in [-0.3, -0.25) is 4.21 Å². The van der Waals surface area contributed by atoms with Gasteiger partial charge in [-0.25, -0.2) is 8.42 Å². The van der Waals surface area contributed by atoms with Gasteiger partial charge in [-0.1, -0.05) is 0 Å². The van der Waals surface area contributed by atoms with E-state index in [-0.39, 0.29) is 4.90 Å². The molecule has 0 bridgehead atoms. The first-order valence-electron chi connectivity index (χ1n) is 3.55. The molecule has 0 aromatic heterocycles. The second kappa shape index (κ2) is 4.07. The van der Waals surface area contributed by atoms with Crippen LogP contribution >= 0.6 is 0 Å². The molecule has 78 valence electrons. The van der Waals surface area contributed by atoms with Crippen LogP contribution in [0.2, 0.25) is 0 Å². The molecule has 1 N–H and O–H groups in total.